The second kappa shape index (κ2) is 7.25. The van der Waals surface area contributed by atoms with Crippen LogP contribution in [0.3, 0.4) is 0 Å². The molecule has 0 saturated carbocycles. The second-order valence-electron chi connectivity index (χ2n) is 6.30. The number of nitrogens with zero attached hydrogens (tertiary/aromatic N) is 2. The first kappa shape index (κ1) is 16.2. The van der Waals surface area contributed by atoms with Gasteiger partial charge in [0.1, 0.15) is 0 Å². The number of hydrogen-bond acceptors (Lipinski definition) is 3. The van der Waals surface area contributed by atoms with Gasteiger partial charge in [0.05, 0.1) is 6.42 Å². The zero-order valence-electron chi connectivity index (χ0n) is 13.5. The number of benzene rings is 1. The van der Waals surface area contributed by atoms with E-state index in [4.69, 9.17) is 5.73 Å². The molecule has 124 valence electrons. The number of rotatable bonds is 5. The maximum atomic E-state index is 12.4. The van der Waals surface area contributed by atoms with Crippen LogP contribution in [0.5, 0.6) is 0 Å². The first-order valence-corrected chi connectivity index (χ1v) is 8.17. The van der Waals surface area contributed by atoms with Crippen LogP contribution in [0.1, 0.15) is 27.9 Å². The van der Waals surface area contributed by atoms with Crippen molar-refractivity contribution in [2.75, 3.05) is 13.1 Å². The largest absolute Gasteiger partial charge is 0.366 e. The summed E-state index contributed by atoms with van der Waals surface area (Å²) in [4.78, 5) is 29.6. The maximum absolute atomic E-state index is 12.4. The average Bonchev–Trinajstić information content (AvgIpc) is 3.04. The Kier molecular flexibility index (Phi) is 4.89. The molecule has 1 saturated heterocycles. The normalized spacial score (nSPS) is 17.0. The van der Waals surface area contributed by atoms with Crippen molar-refractivity contribution in [1.29, 1.82) is 0 Å². The summed E-state index contributed by atoms with van der Waals surface area (Å²) in [5.41, 5.74) is 7.91. The topological polar surface area (TPSA) is 76.3 Å². The molecule has 1 fully saturated rings. The Hall–Kier alpha value is -2.69. The average molecular weight is 323 g/mol. The van der Waals surface area contributed by atoms with Crippen LogP contribution in [-0.4, -0.2) is 34.8 Å². The fourth-order valence-corrected chi connectivity index (χ4v) is 3.20. The molecular formula is C19H21N3O2. The summed E-state index contributed by atoms with van der Waals surface area (Å²) in [6, 6.07) is 11.2. The number of nitrogens with two attached hydrogens (primary N) is 1. The summed E-state index contributed by atoms with van der Waals surface area (Å²) in [5.74, 6) is 0.166. The molecule has 1 aliphatic rings. The summed E-state index contributed by atoms with van der Waals surface area (Å²) in [7, 11) is 0. The molecule has 3 rings (SSSR count). The Morgan fingerprint density at radius 2 is 2.04 bits per heavy atom. The van der Waals surface area contributed by atoms with E-state index in [9.17, 15) is 9.59 Å². The fraction of sp³-hybridized carbons (Fsp3) is 0.316. The first-order chi connectivity index (χ1) is 11.6. The summed E-state index contributed by atoms with van der Waals surface area (Å²) in [6.45, 7) is 1.55. The summed E-state index contributed by atoms with van der Waals surface area (Å²) >= 11 is 0. The zero-order chi connectivity index (χ0) is 16.9. The molecule has 2 amide bonds. The van der Waals surface area contributed by atoms with E-state index < -0.39 is 5.91 Å². The Labute approximate surface area is 141 Å². The molecule has 1 aromatic heterocycles. The Morgan fingerprint density at radius 3 is 2.79 bits per heavy atom. The van der Waals surface area contributed by atoms with Gasteiger partial charge in [-0.15, -0.1) is 0 Å². The quantitative estimate of drug-likeness (QED) is 0.912. The maximum Gasteiger partial charge on any atom is 0.248 e. The molecule has 24 heavy (non-hydrogen) atoms. The third kappa shape index (κ3) is 3.98. The first-order valence-electron chi connectivity index (χ1n) is 8.17. The van der Waals surface area contributed by atoms with Crippen molar-refractivity contribution in [2.45, 2.75) is 19.3 Å². The molecule has 2 N–H and O–H groups in total. The van der Waals surface area contributed by atoms with Gasteiger partial charge in [0.25, 0.3) is 0 Å². The van der Waals surface area contributed by atoms with E-state index in [2.05, 4.69) is 4.98 Å². The van der Waals surface area contributed by atoms with Crippen molar-refractivity contribution in [1.82, 2.24) is 9.88 Å². The van der Waals surface area contributed by atoms with Crippen LogP contribution in [-0.2, 0) is 17.6 Å². The lowest BCUT2D eigenvalue weighted by Crippen LogP contribution is -2.30. The lowest BCUT2D eigenvalue weighted by molar-refractivity contribution is -0.129. The van der Waals surface area contributed by atoms with E-state index in [1.54, 1.807) is 18.5 Å². The van der Waals surface area contributed by atoms with Crippen molar-refractivity contribution in [2.24, 2.45) is 11.7 Å². The minimum absolute atomic E-state index is 0.149. The van der Waals surface area contributed by atoms with E-state index in [0.29, 0.717) is 17.9 Å². The fourth-order valence-electron chi connectivity index (χ4n) is 3.20. The zero-order valence-corrected chi connectivity index (χ0v) is 13.5. The van der Waals surface area contributed by atoms with Crippen molar-refractivity contribution in [3.05, 3.63) is 65.5 Å². The van der Waals surface area contributed by atoms with Gasteiger partial charge in [-0.2, -0.15) is 0 Å². The standard InChI is InChI=1S/C19H21N3O2/c20-19(24)17-5-1-3-14(10-17)9-16-6-8-22(13-16)18(23)11-15-4-2-7-21-12-15/h1-5,7,10,12,16H,6,8-9,11,13H2,(H2,20,24)/t16-/m0/s1. The Bertz CT molecular complexity index is 730. The van der Waals surface area contributed by atoms with Crippen molar-refractivity contribution < 1.29 is 9.59 Å². The molecule has 5 heteroatoms. The lowest BCUT2D eigenvalue weighted by Gasteiger charge is -2.16. The van der Waals surface area contributed by atoms with Crippen LogP contribution in [0.15, 0.2) is 48.8 Å². The predicted octanol–water partition coefficient (Wildman–Crippen LogP) is 1.81. The van der Waals surface area contributed by atoms with Crippen LogP contribution >= 0.6 is 0 Å². The number of amides is 2. The molecule has 2 heterocycles. The van der Waals surface area contributed by atoms with E-state index >= 15 is 0 Å². The van der Waals surface area contributed by atoms with Crippen LogP contribution in [0.2, 0.25) is 0 Å². The number of carbonyl (C=O) groups is 2. The highest BCUT2D eigenvalue weighted by molar-refractivity contribution is 5.92. The van der Waals surface area contributed by atoms with Crippen molar-refractivity contribution in [3.8, 4) is 0 Å². The van der Waals surface area contributed by atoms with Gasteiger partial charge >= 0.3 is 0 Å². The van der Waals surface area contributed by atoms with Gasteiger partial charge in [-0.05, 0) is 48.1 Å². The van der Waals surface area contributed by atoms with Crippen LogP contribution in [0.25, 0.3) is 0 Å². The summed E-state index contributed by atoms with van der Waals surface area (Å²) in [5, 5.41) is 0. The third-order valence-electron chi connectivity index (χ3n) is 4.45. The lowest BCUT2D eigenvalue weighted by atomic mass is 9.97. The van der Waals surface area contributed by atoms with E-state index in [0.717, 1.165) is 37.1 Å². The van der Waals surface area contributed by atoms with Gasteiger partial charge < -0.3 is 10.6 Å². The minimum Gasteiger partial charge on any atom is -0.366 e. The second-order valence-corrected chi connectivity index (χ2v) is 6.30. The van der Waals surface area contributed by atoms with Crippen molar-refractivity contribution in [3.63, 3.8) is 0 Å². The number of hydrogen-bond donors (Lipinski definition) is 1. The van der Waals surface area contributed by atoms with Gasteiger partial charge in [0.2, 0.25) is 11.8 Å². The van der Waals surface area contributed by atoms with Gasteiger partial charge in [-0.1, -0.05) is 18.2 Å². The SMILES string of the molecule is NC(=O)c1cccc(C[C@@H]2CCN(C(=O)Cc3cccnc3)C2)c1. The Balaban J connectivity index is 1.56. The number of aromatic nitrogens is 1. The molecule has 0 spiro atoms. The molecule has 0 aliphatic carbocycles. The number of primary amides is 1. The number of pyridine rings is 1. The van der Waals surface area contributed by atoms with Crippen LogP contribution in [0.4, 0.5) is 0 Å². The molecule has 0 unspecified atom stereocenters. The smallest absolute Gasteiger partial charge is 0.248 e. The highest BCUT2D eigenvalue weighted by atomic mass is 16.2. The highest BCUT2D eigenvalue weighted by Gasteiger charge is 2.26. The number of carbonyl (C=O) groups excluding carboxylic acids is 2. The summed E-state index contributed by atoms with van der Waals surface area (Å²) in [6.07, 6.45) is 5.69. The molecule has 5 nitrogen and oxygen atoms in total. The predicted molar refractivity (Wildman–Crippen MR) is 91.3 cm³/mol. The highest BCUT2D eigenvalue weighted by Crippen LogP contribution is 2.22. The molecule has 2 aromatic rings. The monoisotopic (exact) mass is 323 g/mol. The summed E-state index contributed by atoms with van der Waals surface area (Å²) < 4.78 is 0. The molecule has 1 atom stereocenters. The van der Waals surface area contributed by atoms with Crippen LogP contribution < -0.4 is 5.73 Å². The van der Waals surface area contributed by atoms with E-state index in [1.807, 2.05) is 35.2 Å². The Morgan fingerprint density at radius 1 is 1.21 bits per heavy atom. The van der Waals surface area contributed by atoms with E-state index in [1.165, 1.54) is 0 Å². The van der Waals surface area contributed by atoms with Gasteiger partial charge in [0, 0.05) is 31.0 Å². The van der Waals surface area contributed by atoms with Crippen LogP contribution in [0, 0.1) is 5.92 Å². The molecule has 1 aromatic carbocycles. The molecular weight excluding hydrogens is 302 g/mol. The third-order valence-corrected chi connectivity index (χ3v) is 4.45. The molecule has 1 aliphatic heterocycles. The van der Waals surface area contributed by atoms with Crippen molar-refractivity contribution >= 4 is 11.8 Å². The van der Waals surface area contributed by atoms with Gasteiger partial charge in [0.15, 0.2) is 0 Å². The van der Waals surface area contributed by atoms with Gasteiger partial charge in [-0.25, -0.2) is 0 Å². The van der Waals surface area contributed by atoms with Gasteiger partial charge in [-0.3, -0.25) is 14.6 Å². The number of likely N-dealkylation sites (tertiary alicyclic amines) is 1. The molecule has 0 bridgehead atoms. The van der Waals surface area contributed by atoms with E-state index in [-0.39, 0.29) is 5.91 Å². The molecule has 0 radical (unpaired) electrons. The minimum atomic E-state index is -0.406.